The van der Waals surface area contributed by atoms with E-state index in [0.717, 1.165) is 18.5 Å². The number of tetrazole rings is 1. The van der Waals surface area contributed by atoms with Crippen LogP contribution in [0.5, 0.6) is 11.5 Å². The van der Waals surface area contributed by atoms with Crippen LogP contribution in [0, 0.1) is 0 Å². The van der Waals surface area contributed by atoms with Crippen LogP contribution in [0.3, 0.4) is 0 Å². The topological polar surface area (TPSA) is 82.4 Å². The first kappa shape index (κ1) is 17.5. The number of hydrogen-bond donors (Lipinski definition) is 0. The fourth-order valence-corrected chi connectivity index (χ4v) is 3.41. The van der Waals surface area contributed by atoms with Crippen molar-refractivity contribution in [3.05, 3.63) is 18.2 Å². The number of nitrogens with zero attached hydrogens (tertiary/aromatic N) is 5. The van der Waals surface area contributed by atoms with E-state index in [-0.39, 0.29) is 11.2 Å². The number of anilines is 1. The minimum absolute atomic E-state index is 0.0393. The maximum absolute atomic E-state index is 12.8. The van der Waals surface area contributed by atoms with Crippen LogP contribution in [0.4, 0.5) is 5.69 Å². The lowest BCUT2D eigenvalue weighted by Crippen LogP contribution is -2.33. The number of rotatable bonds is 7. The quantitative estimate of drug-likeness (QED) is 0.697. The fourth-order valence-electron chi connectivity index (χ4n) is 2.45. The lowest BCUT2D eigenvalue weighted by Gasteiger charge is -2.22. The second kappa shape index (κ2) is 7.30. The first-order valence-electron chi connectivity index (χ1n) is 7.99. The molecule has 134 valence electrons. The zero-order valence-corrected chi connectivity index (χ0v) is 15.5. The SMILES string of the molecule is COc1ccc(N(C)C(=O)C(C)Sc2nnnn2C2CC2)cc1OC. The summed E-state index contributed by atoms with van der Waals surface area (Å²) >= 11 is 1.37. The Hall–Kier alpha value is -2.29. The summed E-state index contributed by atoms with van der Waals surface area (Å²) in [6.07, 6.45) is 2.18. The van der Waals surface area contributed by atoms with E-state index in [4.69, 9.17) is 9.47 Å². The Labute approximate surface area is 150 Å². The maximum Gasteiger partial charge on any atom is 0.240 e. The van der Waals surface area contributed by atoms with Crippen molar-refractivity contribution in [2.75, 3.05) is 26.2 Å². The van der Waals surface area contributed by atoms with Gasteiger partial charge in [0.15, 0.2) is 11.5 Å². The molecule has 1 unspecified atom stereocenters. The van der Waals surface area contributed by atoms with Gasteiger partial charge in [0.25, 0.3) is 0 Å². The molecular weight excluding hydrogens is 342 g/mol. The first-order chi connectivity index (χ1) is 12.0. The number of benzene rings is 1. The molecule has 1 aromatic carbocycles. The van der Waals surface area contributed by atoms with Crippen LogP contribution >= 0.6 is 11.8 Å². The average molecular weight is 363 g/mol. The molecule has 0 N–H and O–H groups in total. The van der Waals surface area contributed by atoms with Gasteiger partial charge in [0.2, 0.25) is 11.1 Å². The van der Waals surface area contributed by atoms with Crippen molar-refractivity contribution in [2.24, 2.45) is 0 Å². The molecule has 9 heteroatoms. The Balaban J connectivity index is 1.71. The van der Waals surface area contributed by atoms with Gasteiger partial charge in [0.1, 0.15) is 0 Å². The number of carbonyl (C=O) groups is 1. The van der Waals surface area contributed by atoms with Crippen LogP contribution in [0.2, 0.25) is 0 Å². The molecule has 1 heterocycles. The third-order valence-corrected chi connectivity index (χ3v) is 5.11. The van der Waals surface area contributed by atoms with Crippen LogP contribution < -0.4 is 14.4 Å². The summed E-state index contributed by atoms with van der Waals surface area (Å²) in [6.45, 7) is 1.86. The molecule has 0 radical (unpaired) electrons. The molecule has 25 heavy (non-hydrogen) atoms. The zero-order valence-electron chi connectivity index (χ0n) is 14.7. The van der Waals surface area contributed by atoms with Crippen LogP contribution in [0.25, 0.3) is 0 Å². The van der Waals surface area contributed by atoms with E-state index in [1.54, 1.807) is 38.3 Å². The molecule has 1 amide bonds. The Bertz CT molecular complexity index is 762. The number of amides is 1. The fraction of sp³-hybridized carbons (Fsp3) is 0.500. The number of hydrogen-bond acceptors (Lipinski definition) is 7. The van der Waals surface area contributed by atoms with Crippen LogP contribution in [0.1, 0.15) is 25.8 Å². The van der Waals surface area contributed by atoms with E-state index >= 15 is 0 Å². The van der Waals surface area contributed by atoms with Gasteiger partial charge >= 0.3 is 0 Å². The van der Waals surface area contributed by atoms with E-state index in [0.29, 0.717) is 22.7 Å². The Kier molecular flexibility index (Phi) is 5.12. The molecule has 0 saturated heterocycles. The van der Waals surface area contributed by atoms with Crippen molar-refractivity contribution in [3.8, 4) is 11.5 Å². The van der Waals surface area contributed by atoms with E-state index < -0.39 is 0 Å². The van der Waals surface area contributed by atoms with E-state index in [1.807, 2.05) is 17.7 Å². The molecular formula is C16H21N5O3S. The van der Waals surface area contributed by atoms with Gasteiger partial charge in [-0.05, 0) is 42.3 Å². The molecule has 8 nitrogen and oxygen atoms in total. The van der Waals surface area contributed by atoms with Gasteiger partial charge in [-0.25, -0.2) is 4.68 Å². The van der Waals surface area contributed by atoms with Crippen LogP contribution in [0.15, 0.2) is 23.4 Å². The smallest absolute Gasteiger partial charge is 0.240 e. The summed E-state index contributed by atoms with van der Waals surface area (Å²) in [7, 11) is 4.89. The Morgan fingerprint density at radius 1 is 1.32 bits per heavy atom. The maximum atomic E-state index is 12.8. The summed E-state index contributed by atoms with van der Waals surface area (Å²) in [4.78, 5) is 14.4. The minimum atomic E-state index is -0.318. The van der Waals surface area contributed by atoms with Gasteiger partial charge in [0, 0.05) is 18.8 Å². The standard InChI is InChI=1S/C16H21N5O3S/c1-10(25-16-17-18-19-21(16)11-5-6-11)15(22)20(2)12-7-8-13(23-3)14(9-12)24-4/h7-11H,5-6H2,1-4H3. The monoisotopic (exact) mass is 363 g/mol. The molecule has 0 bridgehead atoms. The first-order valence-corrected chi connectivity index (χ1v) is 8.87. The number of carbonyl (C=O) groups excluding carboxylic acids is 1. The highest BCUT2D eigenvalue weighted by Crippen LogP contribution is 2.37. The average Bonchev–Trinajstić information content (AvgIpc) is 3.38. The summed E-state index contributed by atoms with van der Waals surface area (Å²) < 4.78 is 12.3. The normalized spacial score (nSPS) is 14.9. The van der Waals surface area contributed by atoms with Gasteiger partial charge in [0.05, 0.1) is 25.5 Å². The third-order valence-electron chi connectivity index (χ3n) is 4.07. The third kappa shape index (κ3) is 3.71. The van der Waals surface area contributed by atoms with Crippen molar-refractivity contribution < 1.29 is 14.3 Å². The zero-order chi connectivity index (χ0) is 18.0. The van der Waals surface area contributed by atoms with Crippen LogP contribution in [-0.2, 0) is 4.79 Å². The lowest BCUT2D eigenvalue weighted by molar-refractivity contribution is -0.117. The Morgan fingerprint density at radius 2 is 2.04 bits per heavy atom. The molecule has 0 aliphatic heterocycles. The Morgan fingerprint density at radius 3 is 2.68 bits per heavy atom. The highest BCUT2D eigenvalue weighted by molar-refractivity contribution is 8.00. The highest BCUT2D eigenvalue weighted by atomic mass is 32.2. The largest absolute Gasteiger partial charge is 0.493 e. The second-order valence-corrected chi connectivity index (χ2v) is 7.14. The molecule has 1 saturated carbocycles. The molecule has 0 spiro atoms. The van der Waals surface area contributed by atoms with Gasteiger partial charge < -0.3 is 14.4 Å². The van der Waals surface area contributed by atoms with E-state index in [9.17, 15) is 4.79 Å². The van der Waals surface area contributed by atoms with Gasteiger partial charge in [-0.2, -0.15) is 0 Å². The highest BCUT2D eigenvalue weighted by Gasteiger charge is 2.30. The van der Waals surface area contributed by atoms with E-state index in [2.05, 4.69) is 15.5 Å². The molecule has 1 fully saturated rings. The number of thioether (sulfide) groups is 1. The summed E-state index contributed by atoms with van der Waals surface area (Å²) in [5, 5.41) is 12.1. The molecule has 3 rings (SSSR count). The van der Waals surface area contributed by atoms with Crippen molar-refractivity contribution in [1.82, 2.24) is 20.2 Å². The number of ether oxygens (including phenoxy) is 2. The van der Waals surface area contributed by atoms with Gasteiger partial charge in [-0.3, -0.25) is 4.79 Å². The summed E-state index contributed by atoms with van der Waals surface area (Å²) in [6, 6.07) is 5.76. The second-order valence-electron chi connectivity index (χ2n) is 5.83. The lowest BCUT2D eigenvalue weighted by atomic mass is 10.2. The van der Waals surface area contributed by atoms with Gasteiger partial charge in [-0.1, -0.05) is 11.8 Å². The van der Waals surface area contributed by atoms with Gasteiger partial charge in [-0.15, -0.1) is 5.10 Å². The van der Waals surface area contributed by atoms with Crippen molar-refractivity contribution in [3.63, 3.8) is 0 Å². The molecule has 1 aliphatic rings. The number of aromatic nitrogens is 4. The van der Waals surface area contributed by atoms with Crippen molar-refractivity contribution in [1.29, 1.82) is 0 Å². The summed E-state index contributed by atoms with van der Waals surface area (Å²) in [5.74, 6) is 1.17. The van der Waals surface area contributed by atoms with Crippen molar-refractivity contribution in [2.45, 2.75) is 36.2 Å². The van der Waals surface area contributed by atoms with Crippen LogP contribution in [-0.4, -0.2) is 52.6 Å². The summed E-state index contributed by atoms with van der Waals surface area (Å²) in [5.41, 5.74) is 0.733. The molecule has 1 aromatic heterocycles. The van der Waals surface area contributed by atoms with Crippen molar-refractivity contribution >= 4 is 23.4 Å². The molecule has 1 atom stereocenters. The minimum Gasteiger partial charge on any atom is -0.493 e. The van der Waals surface area contributed by atoms with E-state index in [1.165, 1.54) is 11.8 Å². The number of methoxy groups -OCH3 is 2. The predicted molar refractivity (Wildman–Crippen MR) is 94.4 cm³/mol. The molecule has 1 aliphatic carbocycles. The molecule has 2 aromatic rings. The predicted octanol–water partition coefficient (Wildman–Crippen LogP) is 2.17.